The zero-order valence-electron chi connectivity index (χ0n) is 11.4. The third kappa shape index (κ3) is 4.35. The summed E-state index contributed by atoms with van der Waals surface area (Å²) in [6, 6.07) is 6.83. The summed E-state index contributed by atoms with van der Waals surface area (Å²) in [5.74, 6) is 1.44. The fourth-order valence-corrected chi connectivity index (χ4v) is 2.05. The predicted octanol–water partition coefficient (Wildman–Crippen LogP) is 5.19. The number of rotatable bonds is 4. The fourth-order valence-electron chi connectivity index (χ4n) is 2.05. The number of hydrogen-bond acceptors (Lipinski definition) is 0. The summed E-state index contributed by atoms with van der Waals surface area (Å²) >= 11 is 0. The van der Waals surface area contributed by atoms with Gasteiger partial charge in [0, 0.05) is 0 Å². The van der Waals surface area contributed by atoms with Gasteiger partial charge in [-0.1, -0.05) is 52.0 Å². The topological polar surface area (TPSA) is 0 Å². The van der Waals surface area contributed by atoms with E-state index < -0.39 is 12.6 Å². The van der Waals surface area contributed by atoms with Crippen LogP contribution in [0.15, 0.2) is 24.3 Å². The first-order valence-electron chi connectivity index (χ1n) is 6.36. The van der Waals surface area contributed by atoms with E-state index in [0.717, 1.165) is 5.56 Å². The molecule has 2 unspecified atom stereocenters. The number of halogens is 3. The molecule has 0 aromatic heterocycles. The van der Waals surface area contributed by atoms with Crippen LogP contribution in [0.25, 0.3) is 0 Å². The highest BCUT2D eigenvalue weighted by Crippen LogP contribution is 2.30. The summed E-state index contributed by atoms with van der Waals surface area (Å²) in [7, 11) is 0. The van der Waals surface area contributed by atoms with Gasteiger partial charge in [-0.25, -0.2) is 0 Å². The second-order valence-corrected chi connectivity index (χ2v) is 5.43. The van der Waals surface area contributed by atoms with Gasteiger partial charge in [-0.05, 0) is 28.9 Å². The first kappa shape index (κ1) is 15.1. The SMILES string of the molecule is CC(C)C(C)C(C)c1ccc(CC(F)(F)F)cc1. The Hall–Kier alpha value is -0.990. The zero-order chi connectivity index (χ0) is 13.9. The standard InChI is InChI=1S/C15H21F3/c1-10(2)11(3)12(4)14-7-5-13(6-8-14)9-15(16,17)18/h5-8,10-12H,9H2,1-4H3. The highest BCUT2D eigenvalue weighted by Gasteiger charge is 2.27. The molecule has 18 heavy (non-hydrogen) atoms. The smallest absolute Gasteiger partial charge is 0.171 e. The highest BCUT2D eigenvalue weighted by molar-refractivity contribution is 5.26. The molecule has 0 saturated heterocycles. The van der Waals surface area contributed by atoms with Crippen LogP contribution in [-0.4, -0.2) is 6.18 Å². The molecule has 0 heterocycles. The van der Waals surface area contributed by atoms with Gasteiger partial charge in [-0.3, -0.25) is 0 Å². The molecule has 0 fully saturated rings. The van der Waals surface area contributed by atoms with Crippen molar-refractivity contribution >= 4 is 0 Å². The lowest BCUT2D eigenvalue weighted by molar-refractivity contribution is -0.127. The van der Waals surface area contributed by atoms with Crippen LogP contribution in [0.1, 0.15) is 44.7 Å². The minimum absolute atomic E-state index is 0.329. The molecule has 1 aromatic rings. The summed E-state index contributed by atoms with van der Waals surface area (Å²) in [6.45, 7) is 8.64. The van der Waals surface area contributed by atoms with E-state index in [4.69, 9.17) is 0 Å². The van der Waals surface area contributed by atoms with Gasteiger partial charge in [0.25, 0.3) is 0 Å². The molecule has 0 nitrogen and oxygen atoms in total. The zero-order valence-corrected chi connectivity index (χ0v) is 11.4. The van der Waals surface area contributed by atoms with Gasteiger partial charge in [0.05, 0.1) is 6.42 Å². The Morgan fingerprint density at radius 3 is 1.83 bits per heavy atom. The fraction of sp³-hybridized carbons (Fsp3) is 0.600. The quantitative estimate of drug-likeness (QED) is 0.697. The predicted molar refractivity (Wildman–Crippen MR) is 68.6 cm³/mol. The number of hydrogen-bond donors (Lipinski definition) is 0. The molecule has 1 aromatic carbocycles. The molecular formula is C15H21F3. The van der Waals surface area contributed by atoms with Crippen molar-refractivity contribution in [2.24, 2.45) is 11.8 Å². The van der Waals surface area contributed by atoms with Gasteiger partial charge in [0.2, 0.25) is 0 Å². The molecule has 0 N–H and O–H groups in total. The maximum absolute atomic E-state index is 12.2. The van der Waals surface area contributed by atoms with Crippen molar-refractivity contribution in [3.8, 4) is 0 Å². The minimum atomic E-state index is -4.13. The average Bonchev–Trinajstić information content (AvgIpc) is 2.26. The Labute approximate surface area is 107 Å². The molecule has 0 saturated carbocycles. The largest absolute Gasteiger partial charge is 0.393 e. The van der Waals surface area contributed by atoms with Crippen LogP contribution in [0.2, 0.25) is 0 Å². The van der Waals surface area contributed by atoms with Crippen molar-refractivity contribution in [1.82, 2.24) is 0 Å². The Balaban J connectivity index is 2.77. The third-order valence-electron chi connectivity index (χ3n) is 3.75. The van der Waals surface area contributed by atoms with Crippen LogP contribution in [0.3, 0.4) is 0 Å². The molecule has 102 valence electrons. The normalized spacial score (nSPS) is 15.8. The number of benzene rings is 1. The Kier molecular flexibility index (Phi) is 4.83. The number of alkyl halides is 3. The van der Waals surface area contributed by atoms with E-state index in [9.17, 15) is 13.2 Å². The molecule has 0 bridgehead atoms. The first-order chi connectivity index (χ1) is 8.20. The van der Waals surface area contributed by atoms with Crippen LogP contribution in [0.5, 0.6) is 0 Å². The van der Waals surface area contributed by atoms with Gasteiger partial charge in [0.1, 0.15) is 0 Å². The van der Waals surface area contributed by atoms with Crippen LogP contribution in [-0.2, 0) is 6.42 Å². The summed E-state index contributed by atoms with van der Waals surface area (Å²) < 4.78 is 36.7. The van der Waals surface area contributed by atoms with Crippen molar-refractivity contribution in [1.29, 1.82) is 0 Å². The summed E-state index contributed by atoms with van der Waals surface area (Å²) in [5, 5.41) is 0. The lowest BCUT2D eigenvalue weighted by Gasteiger charge is -2.24. The van der Waals surface area contributed by atoms with E-state index >= 15 is 0 Å². The Bertz CT molecular complexity index is 362. The van der Waals surface area contributed by atoms with E-state index in [1.54, 1.807) is 12.1 Å². The maximum atomic E-state index is 12.2. The molecule has 2 atom stereocenters. The molecule has 0 aliphatic rings. The maximum Gasteiger partial charge on any atom is 0.393 e. The molecule has 0 spiro atoms. The molecule has 0 radical (unpaired) electrons. The van der Waals surface area contributed by atoms with Crippen LogP contribution in [0.4, 0.5) is 13.2 Å². The lowest BCUT2D eigenvalue weighted by Crippen LogP contribution is -2.13. The Morgan fingerprint density at radius 1 is 0.944 bits per heavy atom. The van der Waals surface area contributed by atoms with Crippen LogP contribution >= 0.6 is 0 Å². The molecular weight excluding hydrogens is 237 g/mol. The monoisotopic (exact) mass is 258 g/mol. The second kappa shape index (κ2) is 5.77. The van der Waals surface area contributed by atoms with Crippen LogP contribution in [0, 0.1) is 11.8 Å². The van der Waals surface area contributed by atoms with Crippen molar-refractivity contribution in [2.45, 2.75) is 46.2 Å². The van der Waals surface area contributed by atoms with E-state index in [-0.39, 0.29) is 0 Å². The van der Waals surface area contributed by atoms with Gasteiger partial charge >= 0.3 is 6.18 Å². The van der Waals surface area contributed by atoms with E-state index in [1.807, 2.05) is 12.1 Å². The van der Waals surface area contributed by atoms with Crippen molar-refractivity contribution < 1.29 is 13.2 Å². The van der Waals surface area contributed by atoms with Crippen molar-refractivity contribution in [3.05, 3.63) is 35.4 Å². The van der Waals surface area contributed by atoms with E-state index in [1.165, 1.54) is 0 Å². The summed E-state index contributed by atoms with van der Waals surface area (Å²) in [5.41, 5.74) is 1.44. The van der Waals surface area contributed by atoms with Gasteiger partial charge in [-0.2, -0.15) is 13.2 Å². The second-order valence-electron chi connectivity index (χ2n) is 5.43. The molecule has 0 amide bonds. The third-order valence-corrected chi connectivity index (χ3v) is 3.75. The molecule has 3 heteroatoms. The lowest BCUT2D eigenvalue weighted by atomic mass is 9.82. The van der Waals surface area contributed by atoms with Crippen molar-refractivity contribution in [2.75, 3.05) is 0 Å². The summed E-state index contributed by atoms with van der Waals surface area (Å²) in [6.07, 6.45) is -4.97. The van der Waals surface area contributed by atoms with Gasteiger partial charge < -0.3 is 0 Å². The Morgan fingerprint density at radius 2 is 1.44 bits per heavy atom. The summed E-state index contributed by atoms with van der Waals surface area (Å²) in [4.78, 5) is 0. The minimum Gasteiger partial charge on any atom is -0.171 e. The molecule has 0 aliphatic heterocycles. The van der Waals surface area contributed by atoms with E-state index in [0.29, 0.717) is 23.3 Å². The van der Waals surface area contributed by atoms with Crippen LogP contribution < -0.4 is 0 Å². The van der Waals surface area contributed by atoms with E-state index in [2.05, 4.69) is 27.7 Å². The van der Waals surface area contributed by atoms with Gasteiger partial charge in [0.15, 0.2) is 0 Å². The van der Waals surface area contributed by atoms with Gasteiger partial charge in [-0.15, -0.1) is 0 Å². The first-order valence-corrected chi connectivity index (χ1v) is 6.36. The molecule has 0 aliphatic carbocycles. The average molecular weight is 258 g/mol. The molecule has 1 rings (SSSR count). The van der Waals surface area contributed by atoms with Crippen molar-refractivity contribution in [3.63, 3.8) is 0 Å². The highest BCUT2D eigenvalue weighted by atomic mass is 19.4.